The van der Waals surface area contributed by atoms with Crippen LogP contribution in [0.2, 0.25) is 0 Å². The van der Waals surface area contributed by atoms with Gasteiger partial charge in [-0.2, -0.15) is 0 Å². The maximum atomic E-state index is 13.0. The molecule has 3 rings (SSSR count). The molecular weight excluding hydrogens is 382 g/mol. The molecule has 2 aromatic rings. The van der Waals surface area contributed by atoms with Gasteiger partial charge in [-0.3, -0.25) is 9.59 Å². The lowest BCUT2D eigenvalue weighted by molar-refractivity contribution is -0.140. The number of ether oxygens (including phenoxy) is 2. The maximum Gasteiger partial charge on any atom is 0.295 e. The summed E-state index contributed by atoms with van der Waals surface area (Å²) >= 11 is 0. The lowest BCUT2D eigenvalue weighted by Crippen LogP contribution is -2.31. The van der Waals surface area contributed by atoms with Gasteiger partial charge in [-0.25, -0.2) is 0 Å². The van der Waals surface area contributed by atoms with Crippen LogP contribution in [0.25, 0.3) is 5.76 Å². The summed E-state index contributed by atoms with van der Waals surface area (Å²) in [5.74, 6) is -0.800. The van der Waals surface area contributed by atoms with Crippen LogP contribution in [-0.2, 0) is 14.3 Å². The molecule has 1 amide bonds. The summed E-state index contributed by atoms with van der Waals surface area (Å²) < 4.78 is 10.3. The first-order chi connectivity index (χ1) is 14.4. The molecule has 1 unspecified atom stereocenters. The number of carbonyl (C=O) groups is 2. The largest absolute Gasteiger partial charge is 0.507 e. The van der Waals surface area contributed by atoms with Crippen molar-refractivity contribution in [1.82, 2.24) is 4.90 Å². The van der Waals surface area contributed by atoms with Gasteiger partial charge < -0.3 is 19.5 Å². The lowest BCUT2D eigenvalue weighted by Gasteiger charge is -2.25. The summed E-state index contributed by atoms with van der Waals surface area (Å²) in [7, 11) is 3.16. The topological polar surface area (TPSA) is 76.1 Å². The first-order valence-electron chi connectivity index (χ1n) is 9.88. The van der Waals surface area contributed by atoms with Gasteiger partial charge in [0.15, 0.2) is 0 Å². The van der Waals surface area contributed by atoms with Crippen molar-refractivity contribution in [3.05, 3.63) is 70.3 Å². The van der Waals surface area contributed by atoms with Gasteiger partial charge in [-0.15, -0.1) is 0 Å². The second kappa shape index (κ2) is 9.13. The number of benzene rings is 2. The van der Waals surface area contributed by atoms with Gasteiger partial charge in [-0.1, -0.05) is 29.8 Å². The van der Waals surface area contributed by atoms with Gasteiger partial charge in [0.2, 0.25) is 0 Å². The highest BCUT2D eigenvalue weighted by Gasteiger charge is 2.45. The van der Waals surface area contributed by atoms with E-state index in [1.54, 1.807) is 32.4 Å². The number of carbonyl (C=O) groups excluding carboxylic acids is 2. The van der Waals surface area contributed by atoms with E-state index < -0.39 is 17.7 Å². The molecule has 6 nitrogen and oxygen atoms in total. The molecule has 30 heavy (non-hydrogen) atoms. The Labute approximate surface area is 176 Å². The molecule has 1 aliphatic heterocycles. The molecule has 2 aromatic carbocycles. The van der Waals surface area contributed by atoms with Gasteiger partial charge in [-0.05, 0) is 49.6 Å². The van der Waals surface area contributed by atoms with E-state index in [0.717, 1.165) is 16.7 Å². The van der Waals surface area contributed by atoms with Crippen molar-refractivity contribution >= 4 is 17.4 Å². The van der Waals surface area contributed by atoms with Gasteiger partial charge in [0.25, 0.3) is 11.7 Å². The van der Waals surface area contributed by atoms with Gasteiger partial charge in [0, 0.05) is 25.8 Å². The molecule has 1 saturated heterocycles. The third-order valence-electron chi connectivity index (χ3n) is 5.33. The van der Waals surface area contributed by atoms with E-state index in [1.165, 1.54) is 4.90 Å². The number of hydrogen-bond donors (Lipinski definition) is 1. The molecule has 6 heteroatoms. The molecule has 0 saturated carbocycles. The summed E-state index contributed by atoms with van der Waals surface area (Å²) in [6.07, 6.45) is 0.591. The third kappa shape index (κ3) is 4.09. The van der Waals surface area contributed by atoms with Crippen molar-refractivity contribution in [2.45, 2.75) is 26.3 Å². The van der Waals surface area contributed by atoms with Crippen molar-refractivity contribution in [3.8, 4) is 5.75 Å². The molecule has 0 bridgehead atoms. The van der Waals surface area contributed by atoms with E-state index in [9.17, 15) is 14.7 Å². The van der Waals surface area contributed by atoms with Gasteiger partial charge in [0.05, 0.1) is 18.7 Å². The number of methoxy groups -OCH3 is 2. The molecular formula is C24H27NO5. The van der Waals surface area contributed by atoms with Crippen LogP contribution < -0.4 is 4.74 Å². The monoisotopic (exact) mass is 409 g/mol. The van der Waals surface area contributed by atoms with Crippen molar-refractivity contribution < 1.29 is 24.2 Å². The normalized spacial score (nSPS) is 18.1. The number of rotatable bonds is 7. The van der Waals surface area contributed by atoms with Crippen LogP contribution in [0.4, 0.5) is 0 Å². The minimum Gasteiger partial charge on any atom is -0.507 e. The van der Waals surface area contributed by atoms with Crippen molar-refractivity contribution in [2.75, 3.05) is 27.4 Å². The summed E-state index contributed by atoms with van der Waals surface area (Å²) in [5.41, 5.74) is 3.16. The number of aliphatic hydroxyl groups excluding tert-OH is 1. The fourth-order valence-corrected chi connectivity index (χ4v) is 3.85. The smallest absolute Gasteiger partial charge is 0.295 e. The van der Waals surface area contributed by atoms with Crippen molar-refractivity contribution in [1.29, 1.82) is 0 Å². The number of hydrogen-bond acceptors (Lipinski definition) is 5. The Morgan fingerprint density at radius 1 is 1.10 bits per heavy atom. The fraction of sp³-hybridized carbons (Fsp3) is 0.333. The number of aryl methyl sites for hydroxylation is 2. The van der Waals surface area contributed by atoms with Crippen LogP contribution in [0, 0.1) is 13.8 Å². The van der Waals surface area contributed by atoms with Crippen LogP contribution in [0.3, 0.4) is 0 Å². The predicted octanol–water partition coefficient (Wildman–Crippen LogP) is 3.77. The highest BCUT2D eigenvalue weighted by Crippen LogP contribution is 2.40. The number of Topliss-reactive ketones (excluding diaryl/α,β-unsaturated/α-hetero) is 1. The van der Waals surface area contributed by atoms with Gasteiger partial charge >= 0.3 is 0 Å². The number of aliphatic hydroxyl groups is 1. The second-order valence-electron chi connectivity index (χ2n) is 7.43. The van der Waals surface area contributed by atoms with E-state index in [4.69, 9.17) is 9.47 Å². The third-order valence-corrected chi connectivity index (χ3v) is 5.33. The average molecular weight is 409 g/mol. The van der Waals surface area contributed by atoms with E-state index >= 15 is 0 Å². The number of likely N-dealkylation sites (tertiary alicyclic amines) is 1. The Bertz CT molecular complexity index is 995. The molecule has 1 N–H and O–H groups in total. The summed E-state index contributed by atoms with van der Waals surface area (Å²) in [4.78, 5) is 27.4. The zero-order valence-electron chi connectivity index (χ0n) is 17.8. The Kier molecular flexibility index (Phi) is 6.57. The van der Waals surface area contributed by atoms with E-state index in [0.29, 0.717) is 30.9 Å². The van der Waals surface area contributed by atoms with Gasteiger partial charge in [0.1, 0.15) is 11.5 Å². The zero-order valence-corrected chi connectivity index (χ0v) is 17.8. The minimum atomic E-state index is -0.674. The van der Waals surface area contributed by atoms with Crippen molar-refractivity contribution in [3.63, 3.8) is 0 Å². The molecule has 0 aliphatic carbocycles. The lowest BCUT2D eigenvalue weighted by atomic mass is 9.93. The molecule has 158 valence electrons. The van der Waals surface area contributed by atoms with E-state index in [2.05, 4.69) is 0 Å². The summed E-state index contributed by atoms with van der Waals surface area (Å²) in [6.45, 7) is 4.61. The number of amides is 1. The first kappa shape index (κ1) is 21.6. The van der Waals surface area contributed by atoms with E-state index in [-0.39, 0.29) is 11.3 Å². The van der Waals surface area contributed by atoms with E-state index in [1.807, 2.05) is 38.1 Å². The zero-order chi connectivity index (χ0) is 21.8. The van der Waals surface area contributed by atoms with Crippen LogP contribution >= 0.6 is 0 Å². The Hall–Kier alpha value is -3.12. The average Bonchev–Trinajstić information content (AvgIpc) is 2.98. The first-order valence-corrected chi connectivity index (χ1v) is 9.88. The van der Waals surface area contributed by atoms with Crippen LogP contribution in [0.1, 0.15) is 34.7 Å². The Morgan fingerprint density at radius 3 is 2.50 bits per heavy atom. The Balaban J connectivity index is 2.15. The standard InChI is InChI=1S/C24H27NO5/c1-15-7-5-8-17(13-15)21-20(23(27)24(28)25(21)11-6-12-29-3)22(26)19-10-9-18(30-4)14-16(19)2/h5,7-10,13-14,21,26H,6,11-12H2,1-4H3/b22-20-. The highest BCUT2D eigenvalue weighted by molar-refractivity contribution is 6.46. The van der Waals surface area contributed by atoms with Crippen LogP contribution in [0.5, 0.6) is 5.75 Å². The van der Waals surface area contributed by atoms with Crippen LogP contribution in [-0.4, -0.2) is 49.1 Å². The predicted molar refractivity (Wildman–Crippen MR) is 114 cm³/mol. The molecule has 0 aromatic heterocycles. The molecule has 0 spiro atoms. The minimum absolute atomic E-state index is 0.108. The molecule has 0 radical (unpaired) electrons. The summed E-state index contributed by atoms with van der Waals surface area (Å²) in [5, 5.41) is 11.2. The molecule has 1 heterocycles. The molecule has 1 aliphatic rings. The summed E-state index contributed by atoms with van der Waals surface area (Å²) in [6, 6.07) is 12.2. The molecule has 1 fully saturated rings. The number of ketones is 1. The number of nitrogens with zero attached hydrogens (tertiary/aromatic N) is 1. The molecule has 1 atom stereocenters. The fourth-order valence-electron chi connectivity index (χ4n) is 3.85. The van der Waals surface area contributed by atoms with Crippen LogP contribution in [0.15, 0.2) is 48.0 Å². The maximum absolute atomic E-state index is 13.0. The Morgan fingerprint density at radius 2 is 1.87 bits per heavy atom. The highest BCUT2D eigenvalue weighted by atomic mass is 16.5. The second-order valence-corrected chi connectivity index (χ2v) is 7.43. The van der Waals surface area contributed by atoms with Crippen molar-refractivity contribution in [2.24, 2.45) is 0 Å². The quantitative estimate of drug-likeness (QED) is 0.326. The SMILES string of the molecule is COCCCN1C(=O)C(=O)/C(=C(\O)c2ccc(OC)cc2C)C1c1cccc(C)c1.